The van der Waals surface area contributed by atoms with Gasteiger partial charge in [0, 0.05) is 5.41 Å². The van der Waals surface area contributed by atoms with Gasteiger partial charge in [-0.1, -0.05) is 24.9 Å². The van der Waals surface area contributed by atoms with Crippen LogP contribution in [0, 0.1) is 0 Å². The highest BCUT2D eigenvalue weighted by Gasteiger charge is 2.35. The van der Waals surface area contributed by atoms with Gasteiger partial charge in [0.2, 0.25) is 5.89 Å². The highest BCUT2D eigenvalue weighted by atomic mass is 16.5. The fraction of sp³-hybridized carbons (Fsp3) is 0.700. The molecular formula is C10H14N2O3. The lowest BCUT2D eigenvalue weighted by Gasteiger charge is -2.17. The molecule has 15 heavy (non-hydrogen) atoms. The van der Waals surface area contributed by atoms with Crippen LogP contribution in [0.5, 0.6) is 0 Å². The summed E-state index contributed by atoms with van der Waals surface area (Å²) in [7, 11) is 0. The second kappa shape index (κ2) is 3.64. The lowest BCUT2D eigenvalue weighted by atomic mass is 9.88. The molecule has 2 rings (SSSR count). The van der Waals surface area contributed by atoms with Crippen LogP contribution in [-0.4, -0.2) is 21.2 Å². The first-order valence-corrected chi connectivity index (χ1v) is 5.15. The van der Waals surface area contributed by atoms with Gasteiger partial charge in [0.1, 0.15) is 6.42 Å². The van der Waals surface area contributed by atoms with Crippen molar-refractivity contribution < 1.29 is 14.4 Å². The molecule has 0 unspecified atom stereocenters. The van der Waals surface area contributed by atoms with E-state index in [4.69, 9.17) is 9.63 Å². The van der Waals surface area contributed by atoms with Crippen molar-refractivity contribution >= 4 is 5.97 Å². The molecule has 1 aromatic rings. The van der Waals surface area contributed by atoms with E-state index in [1.807, 2.05) is 0 Å². The quantitative estimate of drug-likeness (QED) is 0.818. The molecule has 1 N–H and O–H groups in total. The van der Waals surface area contributed by atoms with Crippen molar-refractivity contribution in [2.75, 3.05) is 0 Å². The molecule has 0 amide bonds. The van der Waals surface area contributed by atoms with Crippen molar-refractivity contribution in [2.24, 2.45) is 0 Å². The molecule has 0 aliphatic heterocycles. The van der Waals surface area contributed by atoms with Crippen LogP contribution >= 0.6 is 0 Å². The van der Waals surface area contributed by atoms with Crippen LogP contribution < -0.4 is 0 Å². The Morgan fingerprint density at radius 3 is 2.80 bits per heavy atom. The minimum Gasteiger partial charge on any atom is -0.481 e. The summed E-state index contributed by atoms with van der Waals surface area (Å²) in [5.41, 5.74) is -0.0136. The molecule has 1 saturated carbocycles. The van der Waals surface area contributed by atoms with Crippen LogP contribution in [0.25, 0.3) is 0 Å². The Balaban J connectivity index is 2.15. The molecule has 0 saturated heterocycles. The fourth-order valence-electron chi connectivity index (χ4n) is 2.08. The van der Waals surface area contributed by atoms with Crippen molar-refractivity contribution in [3.05, 3.63) is 11.7 Å². The summed E-state index contributed by atoms with van der Waals surface area (Å²) in [6.45, 7) is 2.11. The molecule has 1 aromatic heterocycles. The van der Waals surface area contributed by atoms with Gasteiger partial charge in [-0.3, -0.25) is 4.79 Å². The van der Waals surface area contributed by atoms with E-state index in [9.17, 15) is 4.79 Å². The number of hydrogen-bond acceptors (Lipinski definition) is 4. The normalized spacial score (nSPS) is 19.3. The Kier molecular flexibility index (Phi) is 2.46. The summed E-state index contributed by atoms with van der Waals surface area (Å²) in [4.78, 5) is 14.6. The predicted octanol–water partition coefficient (Wildman–Crippen LogP) is 1.53. The summed E-state index contributed by atoms with van der Waals surface area (Å²) < 4.78 is 4.91. The van der Waals surface area contributed by atoms with Gasteiger partial charge in [0.15, 0.2) is 5.82 Å². The molecule has 0 atom stereocenters. The van der Waals surface area contributed by atoms with E-state index in [0.29, 0.717) is 5.82 Å². The van der Waals surface area contributed by atoms with Gasteiger partial charge in [-0.15, -0.1) is 0 Å². The van der Waals surface area contributed by atoms with Gasteiger partial charge in [0.25, 0.3) is 0 Å². The molecule has 0 radical (unpaired) electrons. The third-order valence-corrected chi connectivity index (χ3v) is 3.02. The Hall–Kier alpha value is -1.39. The second-order valence-electron chi connectivity index (χ2n) is 4.35. The maximum Gasteiger partial charge on any atom is 0.312 e. The van der Waals surface area contributed by atoms with E-state index in [2.05, 4.69) is 17.1 Å². The minimum atomic E-state index is -0.943. The maximum atomic E-state index is 10.5. The van der Waals surface area contributed by atoms with Gasteiger partial charge in [-0.25, -0.2) is 0 Å². The number of carboxylic acid groups (broad SMARTS) is 1. The minimum absolute atomic E-state index is 0.0136. The van der Waals surface area contributed by atoms with Crippen molar-refractivity contribution in [1.29, 1.82) is 0 Å². The zero-order valence-corrected chi connectivity index (χ0v) is 8.69. The van der Waals surface area contributed by atoms with Gasteiger partial charge >= 0.3 is 5.97 Å². The summed E-state index contributed by atoms with van der Waals surface area (Å²) in [6.07, 6.45) is 4.28. The predicted molar refractivity (Wildman–Crippen MR) is 51.5 cm³/mol. The van der Waals surface area contributed by atoms with E-state index < -0.39 is 5.97 Å². The van der Waals surface area contributed by atoms with E-state index in [-0.39, 0.29) is 17.7 Å². The van der Waals surface area contributed by atoms with E-state index in [1.54, 1.807) is 0 Å². The number of carboxylic acids is 1. The van der Waals surface area contributed by atoms with Crippen LogP contribution in [0.2, 0.25) is 0 Å². The van der Waals surface area contributed by atoms with Crippen molar-refractivity contribution in [2.45, 2.75) is 44.4 Å². The molecule has 0 bridgehead atoms. The lowest BCUT2D eigenvalue weighted by Crippen LogP contribution is -2.18. The van der Waals surface area contributed by atoms with Gasteiger partial charge in [-0.2, -0.15) is 4.98 Å². The summed E-state index contributed by atoms with van der Waals surface area (Å²) in [6, 6.07) is 0. The van der Waals surface area contributed by atoms with Gasteiger partial charge in [-0.05, 0) is 12.8 Å². The van der Waals surface area contributed by atoms with Crippen LogP contribution in [0.3, 0.4) is 0 Å². The highest BCUT2D eigenvalue weighted by Crippen LogP contribution is 2.38. The topological polar surface area (TPSA) is 76.2 Å². The molecule has 5 heteroatoms. The zero-order chi connectivity index (χ0) is 10.9. The molecule has 1 aliphatic carbocycles. The van der Waals surface area contributed by atoms with E-state index >= 15 is 0 Å². The number of hydrogen-bond donors (Lipinski definition) is 1. The largest absolute Gasteiger partial charge is 0.481 e. The summed E-state index contributed by atoms with van der Waals surface area (Å²) in [5, 5.41) is 12.5. The molecule has 0 spiro atoms. The third-order valence-electron chi connectivity index (χ3n) is 3.02. The second-order valence-corrected chi connectivity index (χ2v) is 4.35. The Morgan fingerprint density at radius 1 is 1.53 bits per heavy atom. The number of nitrogens with zero attached hydrogens (tertiary/aromatic N) is 2. The summed E-state index contributed by atoms with van der Waals surface area (Å²) >= 11 is 0. The lowest BCUT2D eigenvalue weighted by molar-refractivity contribution is -0.136. The first kappa shape index (κ1) is 10.1. The fourth-order valence-corrected chi connectivity index (χ4v) is 2.08. The number of aromatic nitrogens is 2. The number of aliphatic carboxylic acids is 1. The Labute approximate surface area is 87.5 Å². The highest BCUT2D eigenvalue weighted by molar-refractivity contribution is 5.68. The smallest absolute Gasteiger partial charge is 0.312 e. The van der Waals surface area contributed by atoms with E-state index in [1.165, 1.54) is 12.8 Å². The molecule has 1 aliphatic rings. The van der Waals surface area contributed by atoms with E-state index in [0.717, 1.165) is 12.8 Å². The van der Waals surface area contributed by atoms with Crippen LogP contribution in [0.15, 0.2) is 4.52 Å². The molecule has 5 nitrogen and oxygen atoms in total. The average molecular weight is 210 g/mol. The van der Waals surface area contributed by atoms with Crippen molar-refractivity contribution in [3.63, 3.8) is 0 Å². The van der Waals surface area contributed by atoms with Gasteiger partial charge in [0.05, 0.1) is 0 Å². The first-order chi connectivity index (χ1) is 7.10. The number of rotatable bonds is 3. The van der Waals surface area contributed by atoms with Crippen LogP contribution in [-0.2, 0) is 16.6 Å². The zero-order valence-electron chi connectivity index (χ0n) is 8.69. The molecule has 0 aromatic carbocycles. The third kappa shape index (κ3) is 2.00. The average Bonchev–Trinajstić information content (AvgIpc) is 2.74. The maximum absolute atomic E-state index is 10.5. The molecule has 1 fully saturated rings. The van der Waals surface area contributed by atoms with Gasteiger partial charge < -0.3 is 9.63 Å². The number of carbonyl (C=O) groups is 1. The van der Waals surface area contributed by atoms with Crippen molar-refractivity contribution in [1.82, 2.24) is 10.1 Å². The Morgan fingerprint density at radius 2 is 2.20 bits per heavy atom. The standard InChI is InChI=1S/C10H14N2O3/c1-10(4-2-3-5-10)9-11-7(15-12-9)6-8(13)14/h2-6H2,1H3,(H,13,14). The molecule has 82 valence electrons. The van der Waals surface area contributed by atoms with Crippen LogP contribution in [0.4, 0.5) is 0 Å². The summed E-state index contributed by atoms with van der Waals surface area (Å²) in [5.74, 6) is -0.0800. The molecule has 1 heterocycles. The molecular weight excluding hydrogens is 196 g/mol. The first-order valence-electron chi connectivity index (χ1n) is 5.15. The monoisotopic (exact) mass is 210 g/mol. The van der Waals surface area contributed by atoms with Crippen LogP contribution in [0.1, 0.15) is 44.3 Å². The Bertz CT molecular complexity index is 366. The van der Waals surface area contributed by atoms with Crippen molar-refractivity contribution in [3.8, 4) is 0 Å². The SMILES string of the molecule is CC1(c2noc(CC(=O)O)n2)CCCC1.